The lowest BCUT2D eigenvalue weighted by Gasteiger charge is -2.47. The number of hydrogen-bond acceptors (Lipinski definition) is 3. The van der Waals surface area contributed by atoms with Gasteiger partial charge in [-0.25, -0.2) is 0 Å². The van der Waals surface area contributed by atoms with Crippen molar-refractivity contribution in [2.75, 3.05) is 13.7 Å². The Morgan fingerprint density at radius 1 is 0.778 bits per heavy atom. The fourth-order valence-corrected chi connectivity index (χ4v) is 4.70. The van der Waals surface area contributed by atoms with Crippen LogP contribution < -0.4 is 0 Å². The van der Waals surface area contributed by atoms with Gasteiger partial charge >= 0.3 is 0 Å². The van der Waals surface area contributed by atoms with Gasteiger partial charge in [-0.2, -0.15) is 0 Å². The van der Waals surface area contributed by atoms with Gasteiger partial charge in [0.2, 0.25) is 0 Å². The Bertz CT molecular complexity index is 409. The molecule has 0 spiro atoms. The maximum absolute atomic E-state index is 6.11. The molecule has 0 aromatic carbocycles. The minimum Gasteiger partial charge on any atom is -0.376 e. The second kappa shape index (κ2) is 10.1. The lowest BCUT2D eigenvalue weighted by atomic mass is 9.80. The third-order valence-electron chi connectivity index (χ3n) is 6.35. The summed E-state index contributed by atoms with van der Waals surface area (Å²) < 4.78 is 11.9. The molecule has 3 heteroatoms. The molecule has 0 bridgehead atoms. The zero-order chi connectivity index (χ0) is 20.1. The summed E-state index contributed by atoms with van der Waals surface area (Å²) in [6.07, 6.45) is 14.0. The molecule has 2 saturated carbocycles. The van der Waals surface area contributed by atoms with E-state index in [9.17, 15) is 0 Å². The van der Waals surface area contributed by atoms with E-state index in [0.29, 0.717) is 6.10 Å². The lowest BCUT2D eigenvalue weighted by molar-refractivity contribution is -0.123. The predicted octanol–water partition coefficient (Wildman–Crippen LogP) is 6.20. The Morgan fingerprint density at radius 3 is 1.96 bits per heavy atom. The fourth-order valence-electron chi connectivity index (χ4n) is 4.70. The van der Waals surface area contributed by atoms with E-state index in [1.54, 1.807) is 0 Å². The molecular weight excluding hydrogens is 334 g/mol. The molecule has 0 heterocycles. The lowest BCUT2D eigenvalue weighted by Crippen LogP contribution is -2.52. The molecule has 0 N–H and O–H groups in total. The average Bonchev–Trinajstić information content (AvgIpc) is 2.52. The SMILES string of the molecule is CN(C1CCC(CCCCCOC(C)(C)C)CC1)C1CC(OC(C)(C)C)C1. The van der Waals surface area contributed by atoms with Gasteiger partial charge in [-0.1, -0.05) is 19.3 Å². The molecule has 2 fully saturated rings. The van der Waals surface area contributed by atoms with Crippen LogP contribution in [0.1, 0.15) is 106 Å². The number of hydrogen-bond donors (Lipinski definition) is 0. The van der Waals surface area contributed by atoms with E-state index in [2.05, 4.69) is 53.5 Å². The summed E-state index contributed by atoms with van der Waals surface area (Å²) in [5.74, 6) is 0.969. The first-order valence-corrected chi connectivity index (χ1v) is 11.6. The molecular formula is C24H47NO2. The van der Waals surface area contributed by atoms with Gasteiger partial charge in [0.25, 0.3) is 0 Å². The standard InChI is InChI=1S/C24H47NO2/c1-23(2,3)26-16-10-8-9-11-19-12-14-20(15-13-19)25(7)21-17-22(18-21)27-24(4,5)6/h19-22H,8-18H2,1-7H3. The molecule has 2 rings (SSSR count). The van der Waals surface area contributed by atoms with Crippen molar-refractivity contribution in [3.05, 3.63) is 0 Å². The highest BCUT2D eigenvalue weighted by molar-refractivity contribution is 4.92. The van der Waals surface area contributed by atoms with Crippen LogP contribution in [0, 0.1) is 5.92 Å². The number of nitrogens with zero attached hydrogens (tertiary/aromatic N) is 1. The number of ether oxygens (including phenoxy) is 2. The van der Waals surface area contributed by atoms with Crippen molar-refractivity contribution in [1.29, 1.82) is 0 Å². The van der Waals surface area contributed by atoms with E-state index in [0.717, 1.165) is 24.6 Å². The Hall–Kier alpha value is -0.120. The van der Waals surface area contributed by atoms with Gasteiger partial charge in [-0.05, 0) is 99.5 Å². The van der Waals surface area contributed by atoms with Crippen molar-refractivity contribution >= 4 is 0 Å². The highest BCUT2D eigenvalue weighted by Crippen LogP contribution is 2.36. The van der Waals surface area contributed by atoms with Gasteiger partial charge in [0.15, 0.2) is 0 Å². The normalized spacial score (nSPS) is 29.8. The predicted molar refractivity (Wildman–Crippen MR) is 115 cm³/mol. The first kappa shape index (κ1) is 23.2. The van der Waals surface area contributed by atoms with E-state index < -0.39 is 0 Å². The van der Waals surface area contributed by atoms with Crippen molar-refractivity contribution in [1.82, 2.24) is 4.90 Å². The molecule has 0 atom stereocenters. The van der Waals surface area contributed by atoms with Crippen molar-refractivity contribution in [3.63, 3.8) is 0 Å². The molecule has 0 amide bonds. The van der Waals surface area contributed by atoms with Crippen LogP contribution in [0.4, 0.5) is 0 Å². The molecule has 160 valence electrons. The molecule has 3 nitrogen and oxygen atoms in total. The first-order valence-electron chi connectivity index (χ1n) is 11.6. The van der Waals surface area contributed by atoms with E-state index >= 15 is 0 Å². The molecule has 0 radical (unpaired) electrons. The summed E-state index contributed by atoms with van der Waals surface area (Å²) in [4.78, 5) is 2.68. The molecule has 2 aliphatic carbocycles. The van der Waals surface area contributed by atoms with E-state index in [1.807, 2.05) is 0 Å². The Morgan fingerprint density at radius 2 is 1.41 bits per heavy atom. The van der Waals surface area contributed by atoms with Crippen LogP contribution in [0.15, 0.2) is 0 Å². The summed E-state index contributed by atoms with van der Waals surface area (Å²) in [7, 11) is 2.36. The quantitative estimate of drug-likeness (QED) is 0.444. The van der Waals surface area contributed by atoms with E-state index in [-0.39, 0.29) is 11.2 Å². The highest BCUT2D eigenvalue weighted by Gasteiger charge is 2.38. The Labute approximate surface area is 169 Å². The molecule has 2 aliphatic rings. The fraction of sp³-hybridized carbons (Fsp3) is 1.00. The van der Waals surface area contributed by atoms with Crippen LogP contribution in [-0.2, 0) is 9.47 Å². The van der Waals surface area contributed by atoms with E-state index in [1.165, 1.54) is 64.2 Å². The summed E-state index contributed by atoms with van der Waals surface area (Å²) in [6.45, 7) is 13.9. The van der Waals surface area contributed by atoms with Crippen LogP contribution in [-0.4, -0.2) is 47.9 Å². The van der Waals surface area contributed by atoms with Crippen molar-refractivity contribution in [3.8, 4) is 0 Å². The van der Waals surface area contributed by atoms with Crippen molar-refractivity contribution in [2.45, 2.75) is 135 Å². The summed E-state index contributed by atoms with van der Waals surface area (Å²) in [6, 6.07) is 1.56. The van der Waals surface area contributed by atoms with Crippen LogP contribution >= 0.6 is 0 Å². The van der Waals surface area contributed by atoms with Gasteiger partial charge in [-0.15, -0.1) is 0 Å². The summed E-state index contributed by atoms with van der Waals surface area (Å²) >= 11 is 0. The topological polar surface area (TPSA) is 21.7 Å². The van der Waals surface area contributed by atoms with Crippen LogP contribution in [0.25, 0.3) is 0 Å². The Kier molecular flexibility index (Phi) is 8.64. The maximum atomic E-state index is 6.11. The van der Waals surface area contributed by atoms with Gasteiger partial charge in [-0.3, -0.25) is 0 Å². The molecule has 0 unspecified atom stereocenters. The second-order valence-electron chi connectivity index (χ2n) is 11.1. The third kappa shape index (κ3) is 8.83. The number of rotatable bonds is 9. The van der Waals surface area contributed by atoms with Gasteiger partial charge < -0.3 is 14.4 Å². The summed E-state index contributed by atoms with van der Waals surface area (Å²) in [5, 5.41) is 0. The third-order valence-corrected chi connectivity index (χ3v) is 6.35. The molecule has 0 saturated heterocycles. The van der Waals surface area contributed by atoms with Gasteiger partial charge in [0.1, 0.15) is 0 Å². The summed E-state index contributed by atoms with van der Waals surface area (Å²) in [5.41, 5.74) is 0.0227. The zero-order valence-electron chi connectivity index (χ0n) is 19.4. The Balaban J connectivity index is 1.53. The molecule has 0 aromatic rings. The first-order chi connectivity index (χ1) is 12.5. The smallest absolute Gasteiger partial charge is 0.0612 e. The van der Waals surface area contributed by atoms with Crippen molar-refractivity contribution in [2.24, 2.45) is 5.92 Å². The number of unbranched alkanes of at least 4 members (excludes halogenated alkanes) is 2. The van der Waals surface area contributed by atoms with E-state index in [4.69, 9.17) is 9.47 Å². The van der Waals surface area contributed by atoms with Gasteiger partial charge in [0.05, 0.1) is 17.3 Å². The zero-order valence-corrected chi connectivity index (χ0v) is 19.4. The molecule has 0 aliphatic heterocycles. The average molecular weight is 382 g/mol. The van der Waals surface area contributed by atoms with Crippen LogP contribution in [0.3, 0.4) is 0 Å². The minimum atomic E-state index is 0.00510. The van der Waals surface area contributed by atoms with Crippen LogP contribution in [0.5, 0.6) is 0 Å². The van der Waals surface area contributed by atoms with Crippen LogP contribution in [0.2, 0.25) is 0 Å². The minimum absolute atomic E-state index is 0.00510. The maximum Gasteiger partial charge on any atom is 0.0612 e. The monoisotopic (exact) mass is 381 g/mol. The molecule has 27 heavy (non-hydrogen) atoms. The second-order valence-corrected chi connectivity index (χ2v) is 11.1. The van der Waals surface area contributed by atoms with Gasteiger partial charge in [0, 0.05) is 18.7 Å². The largest absolute Gasteiger partial charge is 0.376 e. The molecule has 0 aromatic heterocycles. The highest BCUT2D eigenvalue weighted by atomic mass is 16.5. The van der Waals surface area contributed by atoms with Crippen molar-refractivity contribution < 1.29 is 9.47 Å².